The molecule has 2 aromatic rings. The second-order valence-corrected chi connectivity index (χ2v) is 4.49. The van der Waals surface area contributed by atoms with Crippen LogP contribution in [0, 0.1) is 11.8 Å². The molecule has 0 fully saturated rings. The summed E-state index contributed by atoms with van der Waals surface area (Å²) in [7, 11) is 0. The van der Waals surface area contributed by atoms with Crippen LogP contribution in [0.25, 0.3) is 0 Å². The van der Waals surface area contributed by atoms with E-state index in [4.69, 9.17) is 5.73 Å². The number of hydrogen-bond acceptors (Lipinski definition) is 3. The first kappa shape index (κ1) is 14.8. The molecule has 1 aromatic heterocycles. The Morgan fingerprint density at radius 3 is 2.81 bits per heavy atom. The third-order valence-corrected chi connectivity index (χ3v) is 2.92. The van der Waals surface area contributed by atoms with Crippen LogP contribution in [0.5, 0.6) is 0 Å². The summed E-state index contributed by atoms with van der Waals surface area (Å²) in [5, 5.41) is 2.90. The molecular formula is C16H18N4O. The molecule has 1 heterocycles. The number of nitrogens with zero attached hydrogens (tertiary/aromatic N) is 2. The summed E-state index contributed by atoms with van der Waals surface area (Å²) in [5.74, 6) is 5.63. The van der Waals surface area contributed by atoms with Gasteiger partial charge < -0.3 is 15.6 Å². The van der Waals surface area contributed by atoms with E-state index >= 15 is 0 Å². The highest BCUT2D eigenvalue weighted by atomic mass is 16.1. The number of aromatic nitrogens is 2. The predicted molar refractivity (Wildman–Crippen MR) is 81.6 cm³/mol. The normalized spacial score (nSPS) is 9.76. The number of imidazole rings is 1. The Labute approximate surface area is 124 Å². The van der Waals surface area contributed by atoms with Gasteiger partial charge in [0.1, 0.15) is 0 Å². The molecule has 1 amide bonds. The van der Waals surface area contributed by atoms with Crippen LogP contribution in [0.1, 0.15) is 22.3 Å². The van der Waals surface area contributed by atoms with Gasteiger partial charge in [0.05, 0.1) is 12.9 Å². The highest BCUT2D eigenvalue weighted by molar-refractivity contribution is 5.94. The van der Waals surface area contributed by atoms with Crippen molar-refractivity contribution in [3.05, 3.63) is 54.1 Å². The summed E-state index contributed by atoms with van der Waals surface area (Å²) in [6, 6.07) is 7.18. The van der Waals surface area contributed by atoms with Gasteiger partial charge in [-0.25, -0.2) is 4.98 Å². The Bertz CT molecular complexity index is 621. The minimum absolute atomic E-state index is 0.0704. The maximum Gasteiger partial charge on any atom is 0.251 e. The molecule has 21 heavy (non-hydrogen) atoms. The van der Waals surface area contributed by atoms with Gasteiger partial charge in [-0.3, -0.25) is 4.79 Å². The molecule has 0 saturated heterocycles. The van der Waals surface area contributed by atoms with Crippen LogP contribution in [0.3, 0.4) is 0 Å². The Morgan fingerprint density at radius 2 is 2.14 bits per heavy atom. The molecule has 3 N–H and O–H groups in total. The van der Waals surface area contributed by atoms with E-state index < -0.39 is 0 Å². The lowest BCUT2D eigenvalue weighted by Gasteiger charge is -2.06. The first-order valence-electron chi connectivity index (χ1n) is 6.82. The van der Waals surface area contributed by atoms with Crippen molar-refractivity contribution in [2.24, 2.45) is 5.73 Å². The van der Waals surface area contributed by atoms with Gasteiger partial charge in [-0.05, 0) is 30.7 Å². The lowest BCUT2D eigenvalue weighted by Crippen LogP contribution is -2.25. The maximum atomic E-state index is 11.9. The van der Waals surface area contributed by atoms with E-state index in [-0.39, 0.29) is 5.91 Å². The van der Waals surface area contributed by atoms with Crippen molar-refractivity contribution in [2.75, 3.05) is 13.1 Å². The summed E-state index contributed by atoms with van der Waals surface area (Å²) in [6.45, 7) is 1.80. The van der Waals surface area contributed by atoms with Crippen LogP contribution in [-0.4, -0.2) is 28.5 Å². The summed E-state index contributed by atoms with van der Waals surface area (Å²) in [4.78, 5) is 15.9. The van der Waals surface area contributed by atoms with Crippen LogP contribution in [-0.2, 0) is 6.54 Å². The monoisotopic (exact) mass is 282 g/mol. The number of amides is 1. The molecule has 1 aromatic carbocycles. The molecule has 0 aliphatic heterocycles. The van der Waals surface area contributed by atoms with Gasteiger partial charge in [-0.2, -0.15) is 0 Å². The van der Waals surface area contributed by atoms with E-state index in [1.54, 1.807) is 24.7 Å². The molecule has 0 aliphatic carbocycles. The topological polar surface area (TPSA) is 72.9 Å². The standard InChI is InChI=1S/C16H18N4O/c17-8-1-3-14-4-6-15(7-5-14)16(21)19-9-2-11-20-12-10-18-13-20/h4-7,10,12-13H,2,8-9,11,17H2,(H,19,21). The summed E-state index contributed by atoms with van der Waals surface area (Å²) >= 11 is 0. The number of nitrogens with one attached hydrogen (secondary N) is 1. The van der Waals surface area contributed by atoms with E-state index in [1.165, 1.54) is 0 Å². The van der Waals surface area contributed by atoms with E-state index in [9.17, 15) is 4.79 Å². The molecule has 0 radical (unpaired) electrons. The van der Waals surface area contributed by atoms with Crippen LogP contribution in [0.15, 0.2) is 43.0 Å². The van der Waals surface area contributed by atoms with E-state index in [0.717, 1.165) is 18.5 Å². The Kier molecular flexibility index (Phi) is 5.56. The SMILES string of the molecule is NCC#Cc1ccc(C(=O)NCCCn2ccnc2)cc1. The number of rotatable bonds is 5. The fourth-order valence-electron chi connectivity index (χ4n) is 1.84. The highest BCUT2D eigenvalue weighted by Crippen LogP contribution is 2.03. The van der Waals surface area contributed by atoms with E-state index in [0.29, 0.717) is 18.7 Å². The first-order chi connectivity index (χ1) is 10.3. The van der Waals surface area contributed by atoms with Gasteiger partial charge in [0.25, 0.3) is 5.91 Å². The van der Waals surface area contributed by atoms with Gasteiger partial charge in [0.2, 0.25) is 0 Å². The smallest absolute Gasteiger partial charge is 0.251 e. The van der Waals surface area contributed by atoms with Gasteiger partial charge in [-0.1, -0.05) is 11.8 Å². The molecule has 0 aliphatic rings. The molecule has 5 heteroatoms. The predicted octanol–water partition coefficient (Wildman–Crippen LogP) is 1.01. The van der Waals surface area contributed by atoms with Crippen molar-refractivity contribution in [2.45, 2.75) is 13.0 Å². The second-order valence-electron chi connectivity index (χ2n) is 4.49. The Balaban J connectivity index is 1.77. The quantitative estimate of drug-likeness (QED) is 0.635. The van der Waals surface area contributed by atoms with E-state index in [1.807, 2.05) is 22.9 Å². The molecule has 0 bridgehead atoms. The number of carbonyl (C=O) groups is 1. The first-order valence-corrected chi connectivity index (χ1v) is 6.82. The van der Waals surface area contributed by atoms with Gasteiger partial charge in [-0.15, -0.1) is 0 Å². The largest absolute Gasteiger partial charge is 0.352 e. The molecule has 0 saturated carbocycles. The minimum atomic E-state index is -0.0704. The number of carbonyl (C=O) groups excluding carboxylic acids is 1. The molecule has 108 valence electrons. The minimum Gasteiger partial charge on any atom is -0.352 e. The summed E-state index contributed by atoms with van der Waals surface area (Å²) < 4.78 is 1.98. The zero-order valence-electron chi connectivity index (χ0n) is 11.7. The van der Waals surface area contributed by atoms with Crippen molar-refractivity contribution in [3.8, 4) is 11.8 Å². The lowest BCUT2D eigenvalue weighted by atomic mass is 10.1. The van der Waals surface area contributed by atoms with Crippen molar-refractivity contribution in [3.63, 3.8) is 0 Å². The van der Waals surface area contributed by atoms with Crippen LogP contribution in [0.2, 0.25) is 0 Å². The zero-order valence-corrected chi connectivity index (χ0v) is 11.7. The van der Waals surface area contributed by atoms with Gasteiger partial charge >= 0.3 is 0 Å². The molecule has 0 spiro atoms. The molecule has 0 atom stereocenters. The van der Waals surface area contributed by atoms with Crippen LogP contribution < -0.4 is 11.1 Å². The molecule has 5 nitrogen and oxygen atoms in total. The fourth-order valence-corrected chi connectivity index (χ4v) is 1.84. The number of nitrogens with two attached hydrogens (primary N) is 1. The molecule has 2 rings (SSSR count). The second kappa shape index (κ2) is 7.88. The number of benzene rings is 1. The molecule has 0 unspecified atom stereocenters. The van der Waals surface area contributed by atoms with Crippen molar-refractivity contribution in [1.29, 1.82) is 0 Å². The third-order valence-electron chi connectivity index (χ3n) is 2.92. The van der Waals surface area contributed by atoms with Gasteiger partial charge in [0.15, 0.2) is 0 Å². The number of hydrogen-bond donors (Lipinski definition) is 2. The lowest BCUT2D eigenvalue weighted by molar-refractivity contribution is 0.0952. The van der Waals surface area contributed by atoms with Crippen molar-refractivity contribution < 1.29 is 4.79 Å². The van der Waals surface area contributed by atoms with Crippen molar-refractivity contribution >= 4 is 5.91 Å². The summed E-state index contributed by atoms with van der Waals surface area (Å²) in [6.07, 6.45) is 6.28. The average molecular weight is 282 g/mol. The third kappa shape index (κ3) is 4.79. The Hall–Kier alpha value is -2.58. The van der Waals surface area contributed by atoms with Crippen LogP contribution >= 0.6 is 0 Å². The zero-order chi connectivity index (χ0) is 14.9. The van der Waals surface area contributed by atoms with Crippen LogP contribution in [0.4, 0.5) is 0 Å². The maximum absolute atomic E-state index is 11.9. The van der Waals surface area contributed by atoms with Gasteiger partial charge in [0, 0.05) is 36.6 Å². The number of aryl methyl sites for hydroxylation is 1. The van der Waals surface area contributed by atoms with Crippen molar-refractivity contribution in [1.82, 2.24) is 14.9 Å². The fraction of sp³-hybridized carbons (Fsp3) is 0.250. The highest BCUT2D eigenvalue weighted by Gasteiger charge is 2.03. The average Bonchev–Trinajstić information content (AvgIpc) is 3.03. The van der Waals surface area contributed by atoms with E-state index in [2.05, 4.69) is 22.1 Å². The summed E-state index contributed by atoms with van der Waals surface area (Å²) in [5.41, 5.74) is 6.81. The molecular weight excluding hydrogens is 264 g/mol. The Morgan fingerprint density at radius 1 is 1.33 bits per heavy atom.